The number of carbonyl (C=O) groups excluding carboxylic acids is 1. The molecule has 2 rings (SSSR count). The predicted octanol–water partition coefficient (Wildman–Crippen LogP) is 2.14. The number of ether oxygens (including phenoxy) is 2. The van der Waals surface area contributed by atoms with Crippen LogP contribution in [-0.4, -0.2) is 24.3 Å². The highest BCUT2D eigenvalue weighted by atomic mass is 16.7. The van der Waals surface area contributed by atoms with Crippen LogP contribution in [0.3, 0.4) is 0 Å². The molecule has 3 heteroatoms. The van der Waals surface area contributed by atoms with E-state index in [1.165, 1.54) is 13.5 Å². The van der Waals surface area contributed by atoms with E-state index in [1.807, 2.05) is 6.92 Å². The lowest BCUT2D eigenvalue weighted by Crippen LogP contribution is -2.41. The van der Waals surface area contributed by atoms with Crippen molar-refractivity contribution in [2.24, 2.45) is 11.8 Å². The lowest BCUT2D eigenvalue weighted by molar-refractivity contribution is -0.146. The van der Waals surface area contributed by atoms with Gasteiger partial charge in [-0.2, -0.15) is 0 Å². The first kappa shape index (κ1) is 10.9. The second kappa shape index (κ2) is 3.21. The number of esters is 1. The number of hydrogen-bond acceptors (Lipinski definition) is 3. The van der Waals surface area contributed by atoms with Crippen molar-refractivity contribution in [1.82, 2.24) is 0 Å². The molecule has 1 spiro atoms. The van der Waals surface area contributed by atoms with Crippen LogP contribution >= 0.6 is 0 Å². The summed E-state index contributed by atoms with van der Waals surface area (Å²) < 4.78 is 10.6. The van der Waals surface area contributed by atoms with Gasteiger partial charge in [-0.1, -0.05) is 26.7 Å². The topological polar surface area (TPSA) is 38.8 Å². The Bertz CT molecular complexity index is 289. The summed E-state index contributed by atoms with van der Waals surface area (Å²) >= 11 is 0. The Morgan fingerprint density at radius 1 is 1.47 bits per heavy atom. The van der Waals surface area contributed by atoms with Gasteiger partial charge in [0.2, 0.25) is 0 Å². The van der Waals surface area contributed by atoms with Crippen LogP contribution in [0.25, 0.3) is 0 Å². The smallest absolute Gasteiger partial charge is 0.340 e. The fourth-order valence-corrected chi connectivity index (χ4v) is 3.19. The third-order valence-corrected chi connectivity index (χ3v) is 4.52. The molecule has 4 atom stereocenters. The van der Waals surface area contributed by atoms with Crippen LogP contribution in [-0.2, 0) is 14.3 Å². The molecule has 2 aliphatic rings. The highest BCUT2D eigenvalue weighted by Gasteiger charge is 2.75. The molecular formula is C12H20O3. The van der Waals surface area contributed by atoms with E-state index in [9.17, 15) is 4.79 Å². The number of epoxide rings is 1. The van der Waals surface area contributed by atoms with Crippen molar-refractivity contribution in [3.05, 3.63) is 0 Å². The van der Waals surface area contributed by atoms with Crippen molar-refractivity contribution >= 4 is 5.97 Å². The fraction of sp³-hybridized carbons (Fsp3) is 0.917. The lowest BCUT2D eigenvalue weighted by Gasteiger charge is -2.33. The predicted molar refractivity (Wildman–Crippen MR) is 56.4 cm³/mol. The van der Waals surface area contributed by atoms with E-state index in [2.05, 4.69) is 13.8 Å². The largest absolute Gasteiger partial charge is 0.467 e. The molecule has 1 saturated carbocycles. The zero-order chi connectivity index (χ0) is 11.3. The molecule has 86 valence electrons. The molecule has 1 heterocycles. The zero-order valence-corrected chi connectivity index (χ0v) is 10.0. The van der Waals surface area contributed by atoms with Crippen molar-refractivity contribution in [3.8, 4) is 0 Å². The number of carbonyl (C=O) groups is 1. The summed E-state index contributed by atoms with van der Waals surface area (Å²) in [6.45, 7) is 6.30. The van der Waals surface area contributed by atoms with Gasteiger partial charge in [0.1, 0.15) is 5.60 Å². The van der Waals surface area contributed by atoms with E-state index in [0.29, 0.717) is 11.8 Å². The monoisotopic (exact) mass is 212 g/mol. The molecule has 0 aromatic rings. The molecule has 0 radical (unpaired) electrons. The van der Waals surface area contributed by atoms with E-state index in [0.717, 1.165) is 12.8 Å². The van der Waals surface area contributed by atoms with Crippen LogP contribution < -0.4 is 0 Å². The maximum atomic E-state index is 11.7. The van der Waals surface area contributed by atoms with Gasteiger partial charge in [0.25, 0.3) is 0 Å². The minimum absolute atomic E-state index is 0.219. The first-order valence-electron chi connectivity index (χ1n) is 5.76. The normalized spacial score (nSPS) is 49.1. The molecule has 1 saturated heterocycles. The highest BCUT2D eigenvalue weighted by molar-refractivity contribution is 5.84. The third-order valence-electron chi connectivity index (χ3n) is 4.52. The minimum Gasteiger partial charge on any atom is -0.467 e. The molecule has 2 fully saturated rings. The van der Waals surface area contributed by atoms with E-state index >= 15 is 0 Å². The summed E-state index contributed by atoms with van der Waals surface area (Å²) in [5, 5.41) is 0. The molecule has 0 aromatic carbocycles. The van der Waals surface area contributed by atoms with Gasteiger partial charge in [0.15, 0.2) is 5.60 Å². The first-order valence-corrected chi connectivity index (χ1v) is 5.76. The van der Waals surface area contributed by atoms with Crippen LogP contribution in [0.2, 0.25) is 0 Å². The molecule has 4 unspecified atom stereocenters. The van der Waals surface area contributed by atoms with Crippen LogP contribution in [0.5, 0.6) is 0 Å². The van der Waals surface area contributed by atoms with Gasteiger partial charge in [-0.15, -0.1) is 0 Å². The van der Waals surface area contributed by atoms with Gasteiger partial charge in [-0.05, 0) is 25.2 Å². The maximum Gasteiger partial charge on any atom is 0.340 e. The molecule has 15 heavy (non-hydrogen) atoms. The minimum atomic E-state index is -0.685. The average molecular weight is 212 g/mol. The first-order chi connectivity index (χ1) is 6.98. The Morgan fingerprint density at radius 2 is 2.13 bits per heavy atom. The second-order valence-corrected chi connectivity index (χ2v) is 5.17. The Morgan fingerprint density at radius 3 is 2.73 bits per heavy atom. The van der Waals surface area contributed by atoms with Crippen molar-refractivity contribution in [1.29, 1.82) is 0 Å². The van der Waals surface area contributed by atoms with Gasteiger partial charge in [-0.25, -0.2) is 4.79 Å². The van der Waals surface area contributed by atoms with Gasteiger partial charge >= 0.3 is 5.97 Å². The zero-order valence-electron chi connectivity index (χ0n) is 10.0. The second-order valence-electron chi connectivity index (χ2n) is 5.17. The molecule has 0 N–H and O–H groups in total. The summed E-state index contributed by atoms with van der Waals surface area (Å²) in [7, 11) is 1.43. The van der Waals surface area contributed by atoms with Crippen LogP contribution in [0.15, 0.2) is 0 Å². The molecular weight excluding hydrogens is 192 g/mol. The average Bonchev–Trinajstić information content (AvgIpc) is 2.82. The highest BCUT2D eigenvalue weighted by Crippen LogP contribution is 2.60. The van der Waals surface area contributed by atoms with Crippen LogP contribution in [0.4, 0.5) is 0 Å². The third kappa shape index (κ3) is 1.25. The van der Waals surface area contributed by atoms with Crippen molar-refractivity contribution < 1.29 is 14.3 Å². The van der Waals surface area contributed by atoms with Crippen molar-refractivity contribution in [3.63, 3.8) is 0 Å². The Kier molecular flexibility index (Phi) is 2.34. The summed E-state index contributed by atoms with van der Waals surface area (Å²) in [6.07, 6.45) is 3.38. The summed E-state index contributed by atoms with van der Waals surface area (Å²) in [4.78, 5) is 11.7. The number of hydrogen-bond donors (Lipinski definition) is 0. The summed E-state index contributed by atoms with van der Waals surface area (Å²) in [5.74, 6) is 0.851. The Hall–Kier alpha value is -0.570. The van der Waals surface area contributed by atoms with Crippen LogP contribution in [0.1, 0.15) is 40.0 Å². The quantitative estimate of drug-likeness (QED) is 0.494. The number of methoxy groups -OCH3 is 1. The van der Waals surface area contributed by atoms with E-state index in [-0.39, 0.29) is 11.6 Å². The molecule has 0 bridgehead atoms. The Balaban J connectivity index is 2.20. The van der Waals surface area contributed by atoms with Crippen LogP contribution in [0, 0.1) is 11.8 Å². The lowest BCUT2D eigenvalue weighted by atomic mass is 9.69. The summed E-state index contributed by atoms with van der Waals surface area (Å²) in [6, 6.07) is 0. The van der Waals surface area contributed by atoms with Gasteiger partial charge in [0.05, 0.1) is 7.11 Å². The molecule has 1 aliphatic heterocycles. The standard InChI is InChI=1S/C12H20O3/c1-8-6-5-7-12(9(8)2)11(3,15-12)10(13)14-4/h8-9H,5-7H2,1-4H3. The molecule has 0 aromatic heterocycles. The van der Waals surface area contributed by atoms with Crippen molar-refractivity contribution in [2.45, 2.75) is 51.2 Å². The van der Waals surface area contributed by atoms with Gasteiger partial charge < -0.3 is 9.47 Å². The van der Waals surface area contributed by atoms with Gasteiger partial charge in [0, 0.05) is 0 Å². The SMILES string of the molecule is COC(=O)C1(C)OC12CCCC(C)C2C. The van der Waals surface area contributed by atoms with Gasteiger partial charge in [-0.3, -0.25) is 0 Å². The number of rotatable bonds is 1. The van der Waals surface area contributed by atoms with E-state index in [1.54, 1.807) is 0 Å². The van der Waals surface area contributed by atoms with E-state index < -0.39 is 5.60 Å². The Labute approximate surface area is 91.1 Å². The maximum absolute atomic E-state index is 11.7. The van der Waals surface area contributed by atoms with E-state index in [4.69, 9.17) is 9.47 Å². The summed E-state index contributed by atoms with van der Waals surface area (Å²) in [5.41, 5.74) is -0.923. The molecule has 1 aliphatic carbocycles. The molecule has 0 amide bonds. The van der Waals surface area contributed by atoms with Crippen molar-refractivity contribution in [2.75, 3.05) is 7.11 Å². The molecule has 3 nitrogen and oxygen atoms in total. The fourth-order valence-electron chi connectivity index (χ4n) is 3.19.